The van der Waals surface area contributed by atoms with Crippen molar-refractivity contribution in [3.05, 3.63) is 41.8 Å². The molecule has 1 aromatic carbocycles. The van der Waals surface area contributed by atoms with Gasteiger partial charge in [0.15, 0.2) is 0 Å². The SMILES string of the molecule is CC(O)C[CH]c1cc(F)ccc1F. The van der Waals surface area contributed by atoms with E-state index in [0.29, 0.717) is 6.42 Å². The van der Waals surface area contributed by atoms with Crippen molar-refractivity contribution in [1.82, 2.24) is 0 Å². The Morgan fingerprint density at radius 1 is 1.46 bits per heavy atom. The summed E-state index contributed by atoms with van der Waals surface area (Å²) in [6.07, 6.45) is 1.26. The molecule has 1 unspecified atom stereocenters. The number of halogens is 2. The van der Waals surface area contributed by atoms with Crippen molar-refractivity contribution in [2.24, 2.45) is 0 Å². The molecule has 71 valence electrons. The molecule has 0 spiro atoms. The van der Waals surface area contributed by atoms with E-state index in [0.717, 1.165) is 18.2 Å². The third-order valence-corrected chi connectivity index (χ3v) is 1.64. The maximum absolute atomic E-state index is 12.9. The lowest BCUT2D eigenvalue weighted by Gasteiger charge is -2.04. The van der Waals surface area contributed by atoms with E-state index in [2.05, 4.69) is 0 Å². The first kappa shape index (κ1) is 10.1. The molecular weight excluding hydrogens is 174 g/mol. The largest absolute Gasteiger partial charge is 0.393 e. The maximum atomic E-state index is 12.9. The monoisotopic (exact) mass is 185 g/mol. The third-order valence-electron chi connectivity index (χ3n) is 1.64. The van der Waals surface area contributed by atoms with Crippen LogP contribution < -0.4 is 0 Å². The van der Waals surface area contributed by atoms with E-state index in [-0.39, 0.29) is 5.56 Å². The van der Waals surface area contributed by atoms with Gasteiger partial charge in [0.05, 0.1) is 6.10 Å². The van der Waals surface area contributed by atoms with Gasteiger partial charge in [0.2, 0.25) is 0 Å². The van der Waals surface area contributed by atoms with E-state index >= 15 is 0 Å². The zero-order valence-electron chi connectivity index (χ0n) is 7.30. The molecule has 1 N–H and O–H groups in total. The van der Waals surface area contributed by atoms with E-state index in [4.69, 9.17) is 5.11 Å². The van der Waals surface area contributed by atoms with Gasteiger partial charge >= 0.3 is 0 Å². The highest BCUT2D eigenvalue weighted by molar-refractivity contribution is 5.25. The molecule has 1 rings (SSSR count). The van der Waals surface area contributed by atoms with Crippen molar-refractivity contribution in [3.8, 4) is 0 Å². The summed E-state index contributed by atoms with van der Waals surface area (Å²) >= 11 is 0. The Morgan fingerprint density at radius 3 is 2.77 bits per heavy atom. The normalized spacial score (nSPS) is 12.9. The van der Waals surface area contributed by atoms with Gasteiger partial charge in [-0.1, -0.05) is 0 Å². The highest BCUT2D eigenvalue weighted by Gasteiger charge is 2.05. The molecule has 1 atom stereocenters. The smallest absolute Gasteiger partial charge is 0.126 e. The number of aliphatic hydroxyl groups excluding tert-OH is 1. The molecule has 13 heavy (non-hydrogen) atoms. The molecule has 0 saturated heterocycles. The van der Waals surface area contributed by atoms with Gasteiger partial charge < -0.3 is 5.11 Å². The second-order valence-electron chi connectivity index (χ2n) is 2.95. The highest BCUT2D eigenvalue weighted by Crippen LogP contribution is 2.14. The lowest BCUT2D eigenvalue weighted by molar-refractivity contribution is 0.195. The second kappa shape index (κ2) is 4.33. The van der Waals surface area contributed by atoms with Crippen LogP contribution in [-0.2, 0) is 0 Å². The molecule has 1 nitrogen and oxygen atoms in total. The van der Waals surface area contributed by atoms with E-state index in [9.17, 15) is 8.78 Å². The van der Waals surface area contributed by atoms with Gasteiger partial charge in [-0.25, -0.2) is 8.78 Å². The van der Waals surface area contributed by atoms with Crippen LogP contribution in [0, 0.1) is 18.1 Å². The van der Waals surface area contributed by atoms with E-state index < -0.39 is 17.7 Å². The molecule has 3 heteroatoms. The highest BCUT2D eigenvalue weighted by atomic mass is 19.1. The van der Waals surface area contributed by atoms with Crippen LogP contribution in [0.5, 0.6) is 0 Å². The first-order valence-corrected chi connectivity index (χ1v) is 4.06. The van der Waals surface area contributed by atoms with Crippen LogP contribution in [0.25, 0.3) is 0 Å². The van der Waals surface area contributed by atoms with Crippen molar-refractivity contribution in [2.75, 3.05) is 0 Å². The molecular formula is C10H11F2O. The Bertz CT molecular complexity index is 284. The van der Waals surface area contributed by atoms with Crippen molar-refractivity contribution < 1.29 is 13.9 Å². The molecule has 0 aliphatic heterocycles. The predicted molar refractivity (Wildman–Crippen MR) is 46.1 cm³/mol. The quantitative estimate of drug-likeness (QED) is 0.766. The average molecular weight is 185 g/mol. The van der Waals surface area contributed by atoms with Gasteiger partial charge in [0.25, 0.3) is 0 Å². The van der Waals surface area contributed by atoms with Crippen molar-refractivity contribution >= 4 is 0 Å². The Labute approximate surface area is 76.0 Å². The minimum absolute atomic E-state index is 0.195. The van der Waals surface area contributed by atoms with Crippen LogP contribution in [0.4, 0.5) is 8.78 Å². The van der Waals surface area contributed by atoms with Crippen LogP contribution >= 0.6 is 0 Å². The van der Waals surface area contributed by atoms with E-state index in [1.54, 1.807) is 6.92 Å². The van der Waals surface area contributed by atoms with Crippen LogP contribution in [-0.4, -0.2) is 11.2 Å². The van der Waals surface area contributed by atoms with Crippen molar-refractivity contribution in [3.63, 3.8) is 0 Å². The summed E-state index contributed by atoms with van der Waals surface area (Å²) < 4.78 is 25.6. The summed E-state index contributed by atoms with van der Waals surface area (Å²) in [5.74, 6) is -0.944. The lowest BCUT2D eigenvalue weighted by Crippen LogP contribution is -2.01. The number of hydrogen-bond donors (Lipinski definition) is 1. The molecule has 1 radical (unpaired) electrons. The molecule has 0 amide bonds. The zero-order chi connectivity index (χ0) is 9.84. The lowest BCUT2D eigenvalue weighted by atomic mass is 10.1. The first-order chi connectivity index (χ1) is 6.09. The van der Waals surface area contributed by atoms with Crippen LogP contribution in [0.1, 0.15) is 18.9 Å². The summed E-state index contributed by atoms with van der Waals surface area (Å²) in [4.78, 5) is 0. The molecule has 0 saturated carbocycles. The van der Waals surface area contributed by atoms with Gasteiger partial charge in [-0.2, -0.15) is 0 Å². The summed E-state index contributed by atoms with van der Waals surface area (Å²) in [7, 11) is 0. The zero-order valence-corrected chi connectivity index (χ0v) is 7.30. The molecule has 0 fully saturated rings. The fourth-order valence-corrected chi connectivity index (χ4v) is 0.969. The third kappa shape index (κ3) is 3.11. The minimum atomic E-state index is -0.539. The standard InChI is InChI=1S/C10H11F2O/c1-7(13)2-3-8-6-9(11)4-5-10(8)12/h3-7,13H,2H2,1H3. The topological polar surface area (TPSA) is 20.2 Å². The molecule has 0 heterocycles. The van der Waals surface area contributed by atoms with E-state index in [1.807, 2.05) is 0 Å². The fraction of sp³-hybridized carbons (Fsp3) is 0.300. The second-order valence-corrected chi connectivity index (χ2v) is 2.95. The molecule has 1 aromatic rings. The van der Waals surface area contributed by atoms with Crippen molar-refractivity contribution in [1.29, 1.82) is 0 Å². The molecule has 0 aliphatic carbocycles. The van der Waals surface area contributed by atoms with Crippen LogP contribution in [0.2, 0.25) is 0 Å². The Kier molecular flexibility index (Phi) is 3.37. The van der Waals surface area contributed by atoms with Crippen molar-refractivity contribution in [2.45, 2.75) is 19.4 Å². The Hall–Kier alpha value is -0.960. The number of rotatable bonds is 3. The van der Waals surface area contributed by atoms with E-state index in [1.165, 1.54) is 6.42 Å². The maximum Gasteiger partial charge on any atom is 0.126 e. The fourth-order valence-electron chi connectivity index (χ4n) is 0.969. The summed E-state index contributed by atoms with van der Waals surface area (Å²) in [5, 5.41) is 8.93. The molecule has 0 bridgehead atoms. The Balaban J connectivity index is 2.70. The summed E-state index contributed by atoms with van der Waals surface area (Å²) in [5.41, 5.74) is 0.195. The first-order valence-electron chi connectivity index (χ1n) is 4.06. The molecule has 0 aromatic heterocycles. The van der Waals surface area contributed by atoms with Gasteiger partial charge in [-0.15, -0.1) is 0 Å². The predicted octanol–water partition coefficient (Wildman–Crippen LogP) is 2.29. The summed E-state index contributed by atoms with van der Waals surface area (Å²) in [6, 6.07) is 3.25. The number of hydrogen-bond acceptors (Lipinski definition) is 1. The van der Waals surface area contributed by atoms with Gasteiger partial charge in [-0.05, 0) is 43.5 Å². The van der Waals surface area contributed by atoms with Crippen LogP contribution in [0.15, 0.2) is 18.2 Å². The van der Waals surface area contributed by atoms with Gasteiger partial charge in [0, 0.05) is 0 Å². The Morgan fingerprint density at radius 2 is 2.15 bits per heavy atom. The summed E-state index contributed by atoms with van der Waals surface area (Å²) in [6.45, 7) is 1.59. The van der Waals surface area contributed by atoms with Gasteiger partial charge in [0.1, 0.15) is 11.6 Å². The number of benzene rings is 1. The number of aliphatic hydroxyl groups is 1. The average Bonchev–Trinajstić information content (AvgIpc) is 2.06. The minimum Gasteiger partial charge on any atom is -0.393 e. The van der Waals surface area contributed by atoms with Gasteiger partial charge in [-0.3, -0.25) is 0 Å². The molecule has 0 aliphatic rings. The van der Waals surface area contributed by atoms with Crippen LogP contribution in [0.3, 0.4) is 0 Å².